The maximum absolute atomic E-state index is 6.33. The zero-order valence-electron chi connectivity index (χ0n) is 8.73. The molecule has 0 heterocycles. The van der Waals surface area contributed by atoms with E-state index in [4.69, 9.17) is 32.7 Å². The van der Waals surface area contributed by atoms with Gasteiger partial charge in [0.25, 0.3) is 0 Å². The third-order valence-corrected chi connectivity index (χ3v) is 3.43. The monoisotopic (exact) mass is 236 g/mol. The highest BCUT2D eigenvalue weighted by atomic mass is 35.5. The van der Waals surface area contributed by atoms with E-state index in [-0.39, 0.29) is 0 Å². The summed E-state index contributed by atoms with van der Waals surface area (Å²) in [7, 11) is 3.16. The average molecular weight is 237 g/mol. The molecule has 0 radical (unpaired) electrons. The van der Waals surface area contributed by atoms with Crippen molar-refractivity contribution in [1.29, 1.82) is 0 Å². The zero-order valence-corrected chi connectivity index (χ0v) is 10.2. The molecule has 0 bridgehead atoms. The largest absolute Gasteiger partial charge is 0.495 e. The number of allylic oxidation sites excluding steroid dienone is 1. The van der Waals surface area contributed by atoms with Crippen molar-refractivity contribution in [2.75, 3.05) is 14.2 Å². The van der Waals surface area contributed by atoms with Crippen molar-refractivity contribution in [2.45, 2.75) is 24.3 Å². The van der Waals surface area contributed by atoms with Crippen molar-refractivity contribution in [2.24, 2.45) is 0 Å². The number of hydrogen-bond donors (Lipinski definition) is 0. The summed E-state index contributed by atoms with van der Waals surface area (Å²) < 4.78 is 10.5. The van der Waals surface area contributed by atoms with Gasteiger partial charge in [-0.1, -0.05) is 11.6 Å². The molecule has 1 rings (SSSR count). The van der Waals surface area contributed by atoms with Gasteiger partial charge in [-0.15, -0.1) is 11.6 Å². The van der Waals surface area contributed by atoms with Crippen molar-refractivity contribution >= 4 is 23.2 Å². The molecular formula is C10H14Cl2O2. The van der Waals surface area contributed by atoms with Crippen LogP contribution in [-0.2, 0) is 9.47 Å². The predicted molar refractivity (Wildman–Crippen MR) is 58.7 cm³/mol. The highest BCUT2D eigenvalue weighted by Crippen LogP contribution is 2.42. The van der Waals surface area contributed by atoms with Crippen LogP contribution in [0.4, 0.5) is 0 Å². The van der Waals surface area contributed by atoms with Gasteiger partial charge in [0.05, 0.1) is 17.0 Å². The minimum atomic E-state index is -0.661. The Morgan fingerprint density at radius 2 is 1.79 bits per heavy atom. The van der Waals surface area contributed by atoms with Crippen molar-refractivity contribution < 1.29 is 9.47 Å². The molecule has 0 aromatic heterocycles. The van der Waals surface area contributed by atoms with Crippen molar-refractivity contribution in [3.8, 4) is 0 Å². The molecule has 80 valence electrons. The van der Waals surface area contributed by atoms with Gasteiger partial charge in [-0.25, -0.2) is 0 Å². The second-order valence-corrected chi connectivity index (χ2v) is 4.78. The van der Waals surface area contributed by atoms with Gasteiger partial charge in [0.15, 0.2) is 0 Å². The molecule has 0 aliphatic heterocycles. The second kappa shape index (κ2) is 3.76. The molecule has 0 saturated carbocycles. The normalized spacial score (nSPS) is 37.6. The van der Waals surface area contributed by atoms with Crippen LogP contribution in [0.25, 0.3) is 0 Å². The van der Waals surface area contributed by atoms with Gasteiger partial charge in [-0.3, -0.25) is 0 Å². The minimum Gasteiger partial charge on any atom is -0.495 e. The lowest BCUT2D eigenvalue weighted by molar-refractivity contribution is 0.0258. The summed E-state index contributed by atoms with van der Waals surface area (Å²) in [5.74, 6) is 0.582. The number of methoxy groups -OCH3 is 2. The first-order chi connectivity index (χ1) is 6.36. The number of rotatable bonds is 2. The first-order valence-electron chi connectivity index (χ1n) is 4.26. The number of hydrogen-bond acceptors (Lipinski definition) is 2. The summed E-state index contributed by atoms with van der Waals surface area (Å²) >= 11 is 12.3. The van der Waals surface area contributed by atoms with Gasteiger partial charge in [-0.2, -0.15) is 0 Å². The predicted octanol–water partition coefficient (Wildman–Crippen LogP) is 3.06. The van der Waals surface area contributed by atoms with Gasteiger partial charge < -0.3 is 9.47 Å². The van der Waals surface area contributed by atoms with Crippen LogP contribution in [0.1, 0.15) is 13.8 Å². The summed E-state index contributed by atoms with van der Waals surface area (Å²) in [5.41, 5.74) is -0.617. The first-order valence-corrected chi connectivity index (χ1v) is 5.01. The van der Waals surface area contributed by atoms with E-state index in [0.29, 0.717) is 10.8 Å². The van der Waals surface area contributed by atoms with E-state index in [2.05, 4.69) is 0 Å². The van der Waals surface area contributed by atoms with Crippen molar-refractivity contribution in [1.82, 2.24) is 0 Å². The van der Waals surface area contributed by atoms with Crippen LogP contribution in [-0.4, -0.2) is 24.7 Å². The van der Waals surface area contributed by atoms with Crippen molar-refractivity contribution in [3.63, 3.8) is 0 Å². The van der Waals surface area contributed by atoms with Crippen LogP contribution in [0.15, 0.2) is 22.9 Å². The third-order valence-electron chi connectivity index (χ3n) is 2.65. The number of halogens is 2. The summed E-state index contributed by atoms with van der Waals surface area (Å²) in [6.45, 7) is 3.74. The SMILES string of the molecule is COC1=CC(C)(Cl)C(C)(OC)C=C1Cl. The molecule has 0 saturated heterocycles. The highest BCUT2D eigenvalue weighted by molar-refractivity contribution is 6.33. The molecule has 14 heavy (non-hydrogen) atoms. The van der Waals surface area contributed by atoms with Crippen LogP contribution in [0.3, 0.4) is 0 Å². The molecule has 2 unspecified atom stereocenters. The minimum absolute atomic E-state index is 0.523. The molecule has 2 nitrogen and oxygen atoms in total. The number of ether oxygens (including phenoxy) is 2. The maximum Gasteiger partial charge on any atom is 0.135 e. The quantitative estimate of drug-likeness (QED) is 0.687. The lowest BCUT2D eigenvalue weighted by Gasteiger charge is -2.39. The molecule has 1 aliphatic carbocycles. The molecule has 0 spiro atoms. The molecule has 1 aliphatic rings. The Bertz CT molecular complexity index is 294. The van der Waals surface area contributed by atoms with E-state index in [1.165, 1.54) is 0 Å². The molecule has 0 aromatic carbocycles. The van der Waals surface area contributed by atoms with E-state index >= 15 is 0 Å². The Morgan fingerprint density at radius 1 is 1.21 bits per heavy atom. The summed E-state index contributed by atoms with van der Waals surface area (Å²) in [6, 6.07) is 0. The fourth-order valence-corrected chi connectivity index (χ4v) is 1.90. The summed E-state index contributed by atoms with van der Waals surface area (Å²) in [5, 5.41) is 0.523. The molecular weight excluding hydrogens is 223 g/mol. The average Bonchev–Trinajstić information content (AvgIpc) is 2.11. The molecule has 0 amide bonds. The van der Waals surface area contributed by atoms with Gasteiger partial charge in [-0.05, 0) is 26.0 Å². The van der Waals surface area contributed by atoms with Crippen LogP contribution < -0.4 is 0 Å². The van der Waals surface area contributed by atoms with E-state index in [0.717, 1.165) is 0 Å². The summed E-state index contributed by atoms with van der Waals surface area (Å²) in [6.07, 6.45) is 3.53. The highest BCUT2D eigenvalue weighted by Gasteiger charge is 2.44. The molecule has 4 heteroatoms. The van der Waals surface area contributed by atoms with Gasteiger partial charge in [0, 0.05) is 7.11 Å². The van der Waals surface area contributed by atoms with Gasteiger partial charge >= 0.3 is 0 Å². The third kappa shape index (κ3) is 1.79. The second-order valence-electron chi connectivity index (χ2n) is 3.59. The van der Waals surface area contributed by atoms with Gasteiger partial charge in [0.2, 0.25) is 0 Å². The Hall–Kier alpha value is -0.180. The summed E-state index contributed by atoms with van der Waals surface area (Å²) in [4.78, 5) is -0.661. The standard InChI is InChI=1S/C10H14Cl2O2/c1-9(12)6-8(13-3)7(11)5-10(9,2)14-4/h5-6H,1-4H3. The molecule has 0 aromatic rings. The van der Waals surface area contributed by atoms with E-state index in [1.54, 1.807) is 26.4 Å². The van der Waals surface area contributed by atoms with E-state index < -0.39 is 10.5 Å². The van der Waals surface area contributed by atoms with E-state index in [9.17, 15) is 0 Å². The molecule has 0 N–H and O–H groups in total. The molecule has 0 fully saturated rings. The van der Waals surface area contributed by atoms with Crippen LogP contribution >= 0.6 is 23.2 Å². The molecule has 2 atom stereocenters. The van der Waals surface area contributed by atoms with Gasteiger partial charge in [0.1, 0.15) is 11.4 Å². The Balaban J connectivity index is 3.15. The maximum atomic E-state index is 6.33. The van der Waals surface area contributed by atoms with Crippen LogP contribution in [0, 0.1) is 0 Å². The Labute approximate surface area is 94.5 Å². The lowest BCUT2D eigenvalue weighted by Crippen LogP contribution is -2.46. The van der Waals surface area contributed by atoms with E-state index in [1.807, 2.05) is 13.8 Å². The lowest BCUT2D eigenvalue weighted by atomic mass is 9.85. The van der Waals surface area contributed by atoms with Crippen molar-refractivity contribution in [3.05, 3.63) is 22.9 Å². The Kier molecular flexibility index (Phi) is 3.20. The smallest absolute Gasteiger partial charge is 0.135 e. The zero-order chi connectivity index (χ0) is 11.0. The fraction of sp³-hybridized carbons (Fsp3) is 0.600. The van der Waals surface area contributed by atoms with Crippen LogP contribution in [0.2, 0.25) is 0 Å². The topological polar surface area (TPSA) is 18.5 Å². The number of alkyl halides is 1. The fourth-order valence-electron chi connectivity index (χ4n) is 1.33. The first kappa shape index (κ1) is 11.9. The Morgan fingerprint density at radius 3 is 2.21 bits per heavy atom. The van der Waals surface area contributed by atoms with Crippen LogP contribution in [0.5, 0.6) is 0 Å².